The highest BCUT2D eigenvalue weighted by atomic mass is 32.1. The first kappa shape index (κ1) is 17.7. The van der Waals surface area contributed by atoms with Gasteiger partial charge in [0.1, 0.15) is 0 Å². The summed E-state index contributed by atoms with van der Waals surface area (Å²) in [5.74, 6) is -0.273. The first-order valence-electron chi connectivity index (χ1n) is 7.80. The Morgan fingerprint density at radius 3 is 2.61 bits per heavy atom. The van der Waals surface area contributed by atoms with Gasteiger partial charge in [-0.2, -0.15) is 4.39 Å². The summed E-state index contributed by atoms with van der Waals surface area (Å²) in [6.45, 7) is 10.4. The standard InChI is InChI=1S/C18H25FN2OS/c1-11(9-18(3,4)5)15-14(7-8-23-15)20-17(22)13-10-21(6)16(19)12(13)2/h7-8,10-11H,9H2,1-6H3,(H,20,22). The van der Waals surface area contributed by atoms with E-state index in [2.05, 4.69) is 33.0 Å². The topological polar surface area (TPSA) is 34.0 Å². The van der Waals surface area contributed by atoms with Crippen molar-refractivity contribution in [1.29, 1.82) is 0 Å². The van der Waals surface area contributed by atoms with Crippen molar-refractivity contribution >= 4 is 22.9 Å². The highest BCUT2D eigenvalue weighted by molar-refractivity contribution is 7.10. The molecule has 1 amide bonds. The maximum absolute atomic E-state index is 13.8. The van der Waals surface area contributed by atoms with Crippen molar-refractivity contribution in [3.63, 3.8) is 0 Å². The van der Waals surface area contributed by atoms with Crippen molar-refractivity contribution in [2.24, 2.45) is 12.5 Å². The fourth-order valence-electron chi connectivity index (χ4n) is 2.96. The molecule has 0 bridgehead atoms. The van der Waals surface area contributed by atoms with Crippen LogP contribution in [0.2, 0.25) is 0 Å². The molecule has 2 heterocycles. The third-order valence-corrected chi connectivity index (χ3v) is 5.05. The van der Waals surface area contributed by atoms with Crippen LogP contribution in [-0.4, -0.2) is 10.5 Å². The van der Waals surface area contributed by atoms with Crippen molar-refractivity contribution in [3.05, 3.63) is 39.6 Å². The normalized spacial score (nSPS) is 13.2. The second kappa shape index (κ2) is 6.48. The van der Waals surface area contributed by atoms with Gasteiger partial charge >= 0.3 is 0 Å². The van der Waals surface area contributed by atoms with E-state index in [1.807, 2.05) is 11.4 Å². The van der Waals surface area contributed by atoms with E-state index >= 15 is 0 Å². The maximum atomic E-state index is 13.8. The lowest BCUT2D eigenvalue weighted by Crippen LogP contribution is -2.15. The summed E-state index contributed by atoms with van der Waals surface area (Å²) in [7, 11) is 1.60. The summed E-state index contributed by atoms with van der Waals surface area (Å²) in [4.78, 5) is 13.6. The number of aryl methyl sites for hydroxylation is 1. The molecule has 0 aliphatic heterocycles. The lowest BCUT2D eigenvalue weighted by Gasteiger charge is -2.23. The number of hydrogen-bond donors (Lipinski definition) is 1. The van der Waals surface area contributed by atoms with E-state index in [-0.39, 0.29) is 17.3 Å². The number of halogens is 1. The molecule has 2 rings (SSSR count). The molecule has 5 heteroatoms. The van der Waals surface area contributed by atoms with Crippen LogP contribution in [0.4, 0.5) is 10.1 Å². The largest absolute Gasteiger partial charge is 0.327 e. The average molecular weight is 336 g/mol. The first-order valence-corrected chi connectivity index (χ1v) is 8.68. The summed E-state index contributed by atoms with van der Waals surface area (Å²) in [6, 6.07) is 1.92. The van der Waals surface area contributed by atoms with Crippen LogP contribution in [0, 0.1) is 18.3 Å². The van der Waals surface area contributed by atoms with Crippen molar-refractivity contribution in [2.75, 3.05) is 5.32 Å². The van der Waals surface area contributed by atoms with E-state index in [4.69, 9.17) is 0 Å². The Morgan fingerprint density at radius 2 is 2.09 bits per heavy atom. The fourth-order valence-corrected chi connectivity index (χ4v) is 3.87. The average Bonchev–Trinajstić information content (AvgIpc) is 2.97. The van der Waals surface area contributed by atoms with E-state index < -0.39 is 0 Å². The second-order valence-electron chi connectivity index (χ2n) is 7.39. The number of carbonyl (C=O) groups excluding carboxylic acids is 1. The Kier molecular flexibility index (Phi) is 4.99. The second-order valence-corrected chi connectivity index (χ2v) is 8.34. The number of hydrogen-bond acceptors (Lipinski definition) is 2. The van der Waals surface area contributed by atoms with E-state index in [0.717, 1.165) is 12.1 Å². The molecule has 2 aromatic rings. The number of aromatic nitrogens is 1. The van der Waals surface area contributed by atoms with Crippen LogP contribution in [0.25, 0.3) is 0 Å². The van der Waals surface area contributed by atoms with Gasteiger partial charge in [-0.25, -0.2) is 0 Å². The van der Waals surface area contributed by atoms with Gasteiger partial charge in [0.2, 0.25) is 0 Å². The molecule has 0 aliphatic carbocycles. The van der Waals surface area contributed by atoms with E-state index in [1.54, 1.807) is 25.3 Å². The van der Waals surface area contributed by atoms with Crippen LogP contribution in [0.1, 0.15) is 60.8 Å². The maximum Gasteiger partial charge on any atom is 0.257 e. The van der Waals surface area contributed by atoms with Gasteiger partial charge < -0.3 is 9.88 Å². The number of thiophene rings is 1. The Morgan fingerprint density at radius 1 is 1.43 bits per heavy atom. The van der Waals surface area contributed by atoms with E-state index in [9.17, 15) is 9.18 Å². The predicted molar refractivity (Wildman–Crippen MR) is 94.9 cm³/mol. The van der Waals surface area contributed by atoms with Crippen molar-refractivity contribution in [1.82, 2.24) is 4.57 Å². The fraction of sp³-hybridized carbons (Fsp3) is 0.500. The van der Waals surface area contributed by atoms with Crippen LogP contribution in [0.5, 0.6) is 0 Å². The number of anilines is 1. The summed E-state index contributed by atoms with van der Waals surface area (Å²) in [6.07, 6.45) is 2.57. The number of amides is 1. The van der Waals surface area contributed by atoms with Crippen molar-refractivity contribution < 1.29 is 9.18 Å². The van der Waals surface area contributed by atoms with Crippen LogP contribution in [-0.2, 0) is 7.05 Å². The summed E-state index contributed by atoms with van der Waals surface area (Å²) < 4.78 is 15.1. The lowest BCUT2D eigenvalue weighted by atomic mass is 9.84. The molecule has 23 heavy (non-hydrogen) atoms. The van der Waals surface area contributed by atoms with E-state index in [0.29, 0.717) is 17.0 Å². The van der Waals surface area contributed by atoms with Crippen molar-refractivity contribution in [3.8, 4) is 0 Å². The molecule has 1 N–H and O–H groups in total. The molecule has 1 atom stereocenters. The third-order valence-electron chi connectivity index (χ3n) is 3.90. The molecule has 126 valence electrons. The SMILES string of the molecule is Cc1c(C(=O)Nc2ccsc2C(C)CC(C)(C)C)cn(C)c1F. The van der Waals surface area contributed by atoms with Gasteiger partial charge in [0, 0.05) is 23.7 Å². The molecule has 0 saturated heterocycles. The molecule has 0 radical (unpaired) electrons. The molecule has 2 aromatic heterocycles. The Balaban J connectivity index is 2.20. The minimum absolute atomic E-state index is 0.226. The van der Waals surface area contributed by atoms with Gasteiger partial charge in [-0.3, -0.25) is 4.79 Å². The monoisotopic (exact) mass is 336 g/mol. The van der Waals surface area contributed by atoms with Gasteiger partial charge in [-0.05, 0) is 36.1 Å². The molecule has 1 unspecified atom stereocenters. The number of nitrogens with one attached hydrogen (secondary N) is 1. The van der Waals surface area contributed by atoms with E-state index in [1.165, 1.54) is 15.6 Å². The van der Waals surface area contributed by atoms with Crippen LogP contribution >= 0.6 is 11.3 Å². The predicted octanol–water partition coefficient (Wildman–Crippen LogP) is 5.33. The Hall–Kier alpha value is -1.62. The first-order chi connectivity index (χ1) is 10.6. The molecule has 0 aromatic carbocycles. The number of nitrogens with zero attached hydrogens (tertiary/aromatic N) is 1. The summed E-state index contributed by atoms with van der Waals surface area (Å²) >= 11 is 1.65. The Labute approximate surface area is 141 Å². The van der Waals surface area contributed by atoms with Crippen LogP contribution < -0.4 is 5.32 Å². The van der Waals surface area contributed by atoms with Gasteiger partial charge in [0.25, 0.3) is 5.91 Å². The number of rotatable bonds is 4. The highest BCUT2D eigenvalue weighted by Crippen LogP contribution is 2.37. The summed E-state index contributed by atoms with van der Waals surface area (Å²) in [5, 5.41) is 4.93. The van der Waals surface area contributed by atoms with Crippen molar-refractivity contribution in [2.45, 2.75) is 47.0 Å². The molecule has 0 saturated carbocycles. The molecule has 0 aliphatic rings. The number of carbonyl (C=O) groups is 1. The van der Waals surface area contributed by atoms with Gasteiger partial charge in [0.05, 0.1) is 11.3 Å². The summed E-state index contributed by atoms with van der Waals surface area (Å²) in [5.41, 5.74) is 1.82. The third kappa shape index (κ3) is 4.02. The molecule has 0 spiro atoms. The van der Waals surface area contributed by atoms with Crippen LogP contribution in [0.15, 0.2) is 17.6 Å². The molecular weight excluding hydrogens is 311 g/mol. The quantitative estimate of drug-likeness (QED) is 0.805. The molecule has 3 nitrogen and oxygen atoms in total. The molecule has 0 fully saturated rings. The minimum atomic E-state index is -0.373. The van der Waals surface area contributed by atoms with Gasteiger partial charge in [-0.1, -0.05) is 27.7 Å². The minimum Gasteiger partial charge on any atom is -0.327 e. The zero-order chi connectivity index (χ0) is 17.4. The lowest BCUT2D eigenvalue weighted by molar-refractivity contribution is 0.102. The Bertz CT molecular complexity index is 709. The molecular formula is C18H25FN2OS. The zero-order valence-corrected chi connectivity index (χ0v) is 15.5. The van der Waals surface area contributed by atoms with Gasteiger partial charge in [-0.15, -0.1) is 11.3 Å². The highest BCUT2D eigenvalue weighted by Gasteiger charge is 2.22. The smallest absolute Gasteiger partial charge is 0.257 e. The zero-order valence-electron chi connectivity index (χ0n) is 14.7. The van der Waals surface area contributed by atoms with Gasteiger partial charge in [0.15, 0.2) is 5.95 Å². The van der Waals surface area contributed by atoms with Crippen LogP contribution in [0.3, 0.4) is 0 Å².